The molecule has 0 radical (unpaired) electrons. The van der Waals surface area contributed by atoms with Crippen LogP contribution in [0.2, 0.25) is 0 Å². The molecule has 2 aliphatic rings. The minimum absolute atomic E-state index is 0.00481. The summed E-state index contributed by atoms with van der Waals surface area (Å²) in [6.07, 6.45) is 5.09. The summed E-state index contributed by atoms with van der Waals surface area (Å²) in [6.45, 7) is 1.67. The molecule has 2 heterocycles. The van der Waals surface area contributed by atoms with Gasteiger partial charge in [0.1, 0.15) is 0 Å². The Kier molecular flexibility index (Phi) is 4.29. The summed E-state index contributed by atoms with van der Waals surface area (Å²) in [5.41, 5.74) is 0. The number of carboxylic acids is 1. The predicted molar refractivity (Wildman–Crippen MR) is 81.3 cm³/mol. The molecular weight excluding hydrogens is 286 g/mol. The molecule has 4 nitrogen and oxygen atoms in total. The van der Waals surface area contributed by atoms with Crippen LogP contribution in [0, 0.1) is 11.8 Å². The Morgan fingerprint density at radius 3 is 2.48 bits per heavy atom. The Labute approximate surface area is 128 Å². The van der Waals surface area contributed by atoms with Gasteiger partial charge in [-0.1, -0.05) is 18.9 Å². The van der Waals surface area contributed by atoms with E-state index >= 15 is 0 Å². The summed E-state index contributed by atoms with van der Waals surface area (Å²) in [6, 6.07) is 3.64. The lowest BCUT2D eigenvalue weighted by Gasteiger charge is -2.22. The highest BCUT2D eigenvalue weighted by atomic mass is 32.1. The third-order valence-corrected chi connectivity index (χ3v) is 5.88. The van der Waals surface area contributed by atoms with Gasteiger partial charge < -0.3 is 10.0 Å². The van der Waals surface area contributed by atoms with Crippen LogP contribution in [0.25, 0.3) is 0 Å². The highest BCUT2D eigenvalue weighted by molar-refractivity contribution is 7.10. The number of hydrogen-bond acceptors (Lipinski definition) is 3. The molecule has 0 spiro atoms. The van der Waals surface area contributed by atoms with E-state index in [-0.39, 0.29) is 12.3 Å². The van der Waals surface area contributed by atoms with Crippen LogP contribution in [0.1, 0.15) is 42.9 Å². The van der Waals surface area contributed by atoms with Crippen LogP contribution in [0.4, 0.5) is 0 Å². The van der Waals surface area contributed by atoms with Crippen molar-refractivity contribution in [3.63, 3.8) is 0 Å². The molecule has 1 saturated heterocycles. The summed E-state index contributed by atoms with van der Waals surface area (Å²) in [5.74, 6) is -0.298. The first-order chi connectivity index (χ1) is 10.1. The fourth-order valence-corrected chi connectivity index (χ4v) is 4.53. The second-order valence-electron chi connectivity index (χ2n) is 6.21. The van der Waals surface area contributed by atoms with Gasteiger partial charge in [-0.25, -0.2) is 0 Å². The molecule has 5 heteroatoms. The average Bonchev–Trinajstić information content (AvgIpc) is 3.12. The summed E-state index contributed by atoms with van der Waals surface area (Å²) in [7, 11) is 0. The molecule has 0 aromatic carbocycles. The van der Waals surface area contributed by atoms with Gasteiger partial charge in [0.05, 0.1) is 5.92 Å². The second-order valence-corrected chi connectivity index (χ2v) is 7.19. The van der Waals surface area contributed by atoms with E-state index in [1.54, 1.807) is 6.07 Å². The lowest BCUT2D eigenvalue weighted by molar-refractivity contribution is -0.142. The van der Waals surface area contributed by atoms with Crippen LogP contribution in [-0.2, 0) is 9.59 Å². The third kappa shape index (κ3) is 3.12. The maximum absolute atomic E-state index is 12.5. The van der Waals surface area contributed by atoms with Gasteiger partial charge in [-0.15, -0.1) is 11.3 Å². The summed E-state index contributed by atoms with van der Waals surface area (Å²) < 4.78 is 0. The zero-order valence-corrected chi connectivity index (χ0v) is 12.8. The minimum Gasteiger partial charge on any atom is -0.481 e. The van der Waals surface area contributed by atoms with Crippen molar-refractivity contribution in [2.45, 2.75) is 38.0 Å². The number of rotatable bonds is 4. The number of carbonyl (C=O) groups excluding carboxylic acids is 1. The third-order valence-electron chi connectivity index (χ3n) is 4.89. The first-order valence-electron chi connectivity index (χ1n) is 7.69. The van der Waals surface area contributed by atoms with E-state index in [1.807, 2.05) is 16.3 Å². The number of carbonyl (C=O) groups is 2. The van der Waals surface area contributed by atoms with Gasteiger partial charge in [-0.3, -0.25) is 9.59 Å². The Bertz CT molecular complexity index is 500. The average molecular weight is 307 g/mol. The highest BCUT2D eigenvalue weighted by Crippen LogP contribution is 2.37. The van der Waals surface area contributed by atoms with Gasteiger partial charge in [0.25, 0.3) is 0 Å². The van der Waals surface area contributed by atoms with Crippen LogP contribution < -0.4 is 0 Å². The fraction of sp³-hybridized carbons (Fsp3) is 0.625. The summed E-state index contributed by atoms with van der Waals surface area (Å²) in [4.78, 5) is 26.6. The van der Waals surface area contributed by atoms with E-state index in [2.05, 4.69) is 0 Å². The normalized spacial score (nSPS) is 26.4. The minimum atomic E-state index is -0.901. The van der Waals surface area contributed by atoms with Gasteiger partial charge in [0, 0.05) is 24.4 Å². The van der Waals surface area contributed by atoms with E-state index in [4.69, 9.17) is 0 Å². The number of thiophene rings is 1. The van der Waals surface area contributed by atoms with E-state index < -0.39 is 11.9 Å². The van der Waals surface area contributed by atoms with Gasteiger partial charge in [0.2, 0.25) is 5.91 Å². The summed E-state index contributed by atoms with van der Waals surface area (Å²) in [5, 5.41) is 11.2. The lowest BCUT2D eigenvalue weighted by atomic mass is 9.82. The molecule has 114 valence electrons. The number of amides is 1. The molecule has 1 aliphatic carbocycles. The van der Waals surface area contributed by atoms with E-state index in [1.165, 1.54) is 37.0 Å². The van der Waals surface area contributed by atoms with Crippen molar-refractivity contribution in [1.82, 2.24) is 4.90 Å². The van der Waals surface area contributed by atoms with Crippen molar-refractivity contribution >= 4 is 23.2 Å². The molecule has 1 aromatic rings. The smallest absolute Gasteiger partial charge is 0.312 e. The molecule has 1 aromatic heterocycles. The fourth-order valence-electron chi connectivity index (χ4n) is 3.71. The molecule has 1 amide bonds. The number of likely N-dealkylation sites (tertiary alicyclic amines) is 1. The van der Waals surface area contributed by atoms with Crippen LogP contribution in [0.3, 0.4) is 0 Å². The lowest BCUT2D eigenvalue weighted by Crippen LogP contribution is -2.31. The SMILES string of the molecule is O=C(O)C(CC(=O)N1C[C@H]2CCCC[C@H]2C1)c1cccs1. The molecule has 3 atom stereocenters. The topological polar surface area (TPSA) is 57.6 Å². The summed E-state index contributed by atoms with van der Waals surface area (Å²) >= 11 is 1.41. The van der Waals surface area contributed by atoms with Crippen LogP contribution in [0.5, 0.6) is 0 Å². The number of nitrogens with zero attached hydrogens (tertiary/aromatic N) is 1. The van der Waals surface area contributed by atoms with Crippen LogP contribution in [-0.4, -0.2) is 35.0 Å². The second kappa shape index (κ2) is 6.18. The van der Waals surface area contributed by atoms with Crippen molar-refractivity contribution in [3.05, 3.63) is 22.4 Å². The van der Waals surface area contributed by atoms with Gasteiger partial charge >= 0.3 is 5.97 Å². The molecular formula is C16H21NO3S. The number of fused-ring (bicyclic) bond motifs is 1. The van der Waals surface area contributed by atoms with Gasteiger partial charge in [-0.2, -0.15) is 0 Å². The Hall–Kier alpha value is -1.36. The van der Waals surface area contributed by atoms with Crippen molar-refractivity contribution in [2.75, 3.05) is 13.1 Å². The number of aliphatic carboxylic acids is 1. The number of hydrogen-bond donors (Lipinski definition) is 1. The monoisotopic (exact) mass is 307 g/mol. The first kappa shape index (κ1) is 14.6. The Morgan fingerprint density at radius 2 is 1.95 bits per heavy atom. The zero-order valence-electron chi connectivity index (χ0n) is 12.0. The van der Waals surface area contributed by atoms with Gasteiger partial charge in [-0.05, 0) is 36.1 Å². The van der Waals surface area contributed by atoms with E-state index in [9.17, 15) is 14.7 Å². The number of carboxylic acid groups (broad SMARTS) is 1. The molecule has 1 unspecified atom stereocenters. The zero-order chi connectivity index (χ0) is 14.8. The largest absolute Gasteiger partial charge is 0.481 e. The van der Waals surface area contributed by atoms with Crippen molar-refractivity contribution in [3.8, 4) is 0 Å². The molecule has 1 aliphatic heterocycles. The van der Waals surface area contributed by atoms with Crippen LogP contribution in [0.15, 0.2) is 17.5 Å². The maximum Gasteiger partial charge on any atom is 0.312 e. The highest BCUT2D eigenvalue weighted by Gasteiger charge is 2.37. The van der Waals surface area contributed by atoms with Crippen molar-refractivity contribution in [1.29, 1.82) is 0 Å². The standard InChI is InChI=1S/C16H21NO3S/c18-15(8-13(16(19)20)14-6-3-7-21-14)17-9-11-4-1-2-5-12(11)10-17/h3,6-7,11-13H,1-2,4-5,8-10H2,(H,19,20)/t11-,12+,13?. The Balaban J connectivity index is 1.64. The maximum atomic E-state index is 12.5. The molecule has 3 rings (SSSR count). The molecule has 1 saturated carbocycles. The van der Waals surface area contributed by atoms with Crippen molar-refractivity contribution < 1.29 is 14.7 Å². The van der Waals surface area contributed by atoms with Gasteiger partial charge in [0.15, 0.2) is 0 Å². The van der Waals surface area contributed by atoms with E-state index in [0.29, 0.717) is 11.8 Å². The first-order valence-corrected chi connectivity index (χ1v) is 8.57. The quantitative estimate of drug-likeness (QED) is 0.930. The predicted octanol–water partition coefficient (Wildman–Crippen LogP) is 2.96. The van der Waals surface area contributed by atoms with Crippen molar-refractivity contribution in [2.24, 2.45) is 11.8 Å². The van der Waals surface area contributed by atoms with E-state index in [0.717, 1.165) is 18.0 Å². The molecule has 2 fully saturated rings. The molecule has 0 bridgehead atoms. The Morgan fingerprint density at radius 1 is 1.29 bits per heavy atom. The van der Waals surface area contributed by atoms with Crippen LogP contribution >= 0.6 is 11.3 Å². The molecule has 21 heavy (non-hydrogen) atoms. The molecule has 1 N–H and O–H groups in total.